The highest BCUT2D eigenvalue weighted by Gasteiger charge is 2.31. The standard InChI is InChI=1S/C20H19ClN2O4S2/c1-15-4-8-18(9-5-15)28(24,25)20(16-3-2-12-22-13-16)14-23-29(26,27)19-10-6-17(21)7-11-19/h2-13,20,23H,14H2,1H3/t20-/m0/s1. The minimum atomic E-state index is -3.92. The number of rotatable bonds is 7. The minimum Gasteiger partial charge on any atom is -0.264 e. The molecule has 29 heavy (non-hydrogen) atoms. The molecule has 1 aromatic heterocycles. The van der Waals surface area contributed by atoms with Gasteiger partial charge in [-0.2, -0.15) is 0 Å². The number of hydrogen-bond donors (Lipinski definition) is 1. The normalized spacial score (nSPS) is 13.2. The molecule has 0 bridgehead atoms. The van der Waals surface area contributed by atoms with E-state index in [0.29, 0.717) is 10.6 Å². The van der Waals surface area contributed by atoms with Crippen LogP contribution in [0.1, 0.15) is 16.4 Å². The summed E-state index contributed by atoms with van der Waals surface area (Å²) in [6.45, 7) is 1.52. The predicted octanol–water partition coefficient (Wildman–Crippen LogP) is 3.54. The monoisotopic (exact) mass is 450 g/mol. The van der Waals surface area contributed by atoms with E-state index in [9.17, 15) is 16.8 Å². The van der Waals surface area contributed by atoms with Crippen molar-refractivity contribution in [3.8, 4) is 0 Å². The molecule has 0 unspecified atom stereocenters. The van der Waals surface area contributed by atoms with E-state index in [1.54, 1.807) is 24.3 Å². The molecule has 1 N–H and O–H groups in total. The minimum absolute atomic E-state index is 0.000398. The first-order valence-corrected chi connectivity index (χ1v) is 12.1. The maximum absolute atomic E-state index is 13.3. The maximum atomic E-state index is 13.3. The summed E-state index contributed by atoms with van der Waals surface area (Å²) in [5.74, 6) is 0. The van der Waals surface area contributed by atoms with E-state index in [-0.39, 0.29) is 16.3 Å². The molecular formula is C20H19ClN2O4S2. The molecule has 0 radical (unpaired) electrons. The Hall–Kier alpha value is -2.26. The molecule has 6 nitrogen and oxygen atoms in total. The van der Waals surface area contributed by atoms with Gasteiger partial charge in [-0.3, -0.25) is 4.98 Å². The molecule has 2 aromatic carbocycles. The Kier molecular flexibility index (Phi) is 6.38. The van der Waals surface area contributed by atoms with Gasteiger partial charge in [0.25, 0.3) is 0 Å². The van der Waals surface area contributed by atoms with Gasteiger partial charge in [-0.25, -0.2) is 21.6 Å². The van der Waals surface area contributed by atoms with Crippen molar-refractivity contribution < 1.29 is 16.8 Å². The zero-order chi connectivity index (χ0) is 21.1. The number of pyridine rings is 1. The van der Waals surface area contributed by atoms with Crippen molar-refractivity contribution >= 4 is 31.5 Å². The van der Waals surface area contributed by atoms with Crippen LogP contribution < -0.4 is 4.72 Å². The molecule has 0 saturated heterocycles. The van der Waals surface area contributed by atoms with Crippen molar-refractivity contribution in [2.45, 2.75) is 22.0 Å². The van der Waals surface area contributed by atoms with E-state index in [0.717, 1.165) is 5.56 Å². The van der Waals surface area contributed by atoms with E-state index < -0.39 is 25.1 Å². The predicted molar refractivity (Wildman–Crippen MR) is 112 cm³/mol. The van der Waals surface area contributed by atoms with E-state index in [4.69, 9.17) is 11.6 Å². The molecule has 0 spiro atoms. The van der Waals surface area contributed by atoms with Gasteiger partial charge in [0.15, 0.2) is 9.84 Å². The molecular weight excluding hydrogens is 432 g/mol. The number of nitrogens with zero attached hydrogens (tertiary/aromatic N) is 1. The van der Waals surface area contributed by atoms with Crippen LogP contribution in [0.25, 0.3) is 0 Å². The SMILES string of the molecule is Cc1ccc(S(=O)(=O)[C@@H](CNS(=O)(=O)c2ccc(Cl)cc2)c2cccnc2)cc1. The molecule has 3 aromatic rings. The number of sulfonamides is 1. The fourth-order valence-electron chi connectivity index (χ4n) is 2.75. The van der Waals surface area contributed by atoms with Crippen molar-refractivity contribution in [2.75, 3.05) is 6.54 Å². The first kappa shape index (κ1) is 21.4. The zero-order valence-electron chi connectivity index (χ0n) is 15.5. The molecule has 152 valence electrons. The van der Waals surface area contributed by atoms with Gasteiger partial charge in [-0.1, -0.05) is 35.4 Å². The van der Waals surface area contributed by atoms with Crippen molar-refractivity contribution in [1.82, 2.24) is 9.71 Å². The second-order valence-corrected chi connectivity index (χ2v) is 10.8. The maximum Gasteiger partial charge on any atom is 0.240 e. The van der Waals surface area contributed by atoms with Crippen LogP contribution >= 0.6 is 11.6 Å². The quantitative estimate of drug-likeness (QED) is 0.594. The molecule has 0 aliphatic carbocycles. The van der Waals surface area contributed by atoms with Gasteiger partial charge in [0.1, 0.15) is 5.25 Å². The second-order valence-electron chi connectivity index (χ2n) is 6.44. The summed E-state index contributed by atoms with van der Waals surface area (Å²) >= 11 is 5.81. The van der Waals surface area contributed by atoms with Gasteiger partial charge in [0, 0.05) is 24.0 Å². The largest absolute Gasteiger partial charge is 0.264 e. The van der Waals surface area contributed by atoms with Crippen LogP contribution in [-0.4, -0.2) is 28.4 Å². The van der Waals surface area contributed by atoms with E-state index in [1.165, 1.54) is 48.8 Å². The van der Waals surface area contributed by atoms with Gasteiger partial charge in [-0.05, 0) is 55.0 Å². The summed E-state index contributed by atoms with van der Waals surface area (Å²) in [5, 5.41) is -0.736. The lowest BCUT2D eigenvalue weighted by Crippen LogP contribution is -2.32. The summed E-state index contributed by atoms with van der Waals surface area (Å²) in [6.07, 6.45) is 2.95. The number of halogens is 1. The molecule has 0 aliphatic rings. The summed E-state index contributed by atoms with van der Waals surface area (Å²) in [5.41, 5.74) is 1.32. The summed E-state index contributed by atoms with van der Waals surface area (Å²) in [4.78, 5) is 4.10. The van der Waals surface area contributed by atoms with Crippen LogP contribution in [0.15, 0.2) is 82.8 Å². The third-order valence-corrected chi connectivity index (χ3v) is 8.17. The van der Waals surface area contributed by atoms with Gasteiger partial charge >= 0.3 is 0 Å². The van der Waals surface area contributed by atoms with Crippen LogP contribution in [-0.2, 0) is 19.9 Å². The Morgan fingerprint density at radius 3 is 2.14 bits per heavy atom. The lowest BCUT2D eigenvalue weighted by Gasteiger charge is -2.19. The molecule has 1 atom stereocenters. The highest BCUT2D eigenvalue weighted by Crippen LogP contribution is 2.29. The number of benzene rings is 2. The highest BCUT2D eigenvalue weighted by atomic mass is 35.5. The average molecular weight is 451 g/mol. The van der Waals surface area contributed by atoms with Crippen molar-refractivity contribution in [3.63, 3.8) is 0 Å². The first-order chi connectivity index (χ1) is 13.7. The number of sulfone groups is 1. The average Bonchev–Trinajstić information content (AvgIpc) is 2.69. The van der Waals surface area contributed by atoms with E-state index >= 15 is 0 Å². The number of aryl methyl sites for hydroxylation is 1. The lowest BCUT2D eigenvalue weighted by atomic mass is 10.2. The second kappa shape index (κ2) is 8.62. The molecule has 1 heterocycles. The molecule has 0 amide bonds. The number of nitrogens with one attached hydrogen (secondary N) is 1. The summed E-state index contributed by atoms with van der Waals surface area (Å²) < 4.78 is 54.2. The van der Waals surface area contributed by atoms with Crippen LogP contribution in [0.5, 0.6) is 0 Å². The van der Waals surface area contributed by atoms with Crippen LogP contribution in [0, 0.1) is 6.92 Å². The lowest BCUT2D eigenvalue weighted by molar-refractivity contribution is 0.568. The van der Waals surface area contributed by atoms with Gasteiger partial charge in [0.05, 0.1) is 9.79 Å². The van der Waals surface area contributed by atoms with Gasteiger partial charge < -0.3 is 0 Å². The third-order valence-electron chi connectivity index (χ3n) is 4.36. The number of aromatic nitrogens is 1. The third kappa shape index (κ3) is 5.02. The Morgan fingerprint density at radius 1 is 0.931 bits per heavy atom. The van der Waals surface area contributed by atoms with E-state index in [1.807, 2.05) is 6.92 Å². The van der Waals surface area contributed by atoms with Crippen molar-refractivity contribution in [2.24, 2.45) is 0 Å². The Balaban J connectivity index is 1.95. The van der Waals surface area contributed by atoms with Crippen LogP contribution in [0.4, 0.5) is 0 Å². The van der Waals surface area contributed by atoms with Crippen molar-refractivity contribution in [3.05, 3.63) is 89.2 Å². The molecule has 0 fully saturated rings. The van der Waals surface area contributed by atoms with Crippen LogP contribution in [0.2, 0.25) is 5.02 Å². The molecule has 9 heteroatoms. The fraction of sp³-hybridized carbons (Fsp3) is 0.150. The fourth-order valence-corrected chi connectivity index (χ4v) is 5.67. The Morgan fingerprint density at radius 2 is 1.55 bits per heavy atom. The Labute approximate surface area is 175 Å². The Bertz CT molecular complexity index is 1180. The van der Waals surface area contributed by atoms with Gasteiger partial charge in [0.2, 0.25) is 10.0 Å². The van der Waals surface area contributed by atoms with E-state index in [2.05, 4.69) is 9.71 Å². The summed E-state index contributed by atoms with van der Waals surface area (Å²) in [7, 11) is -7.79. The molecule has 3 rings (SSSR count). The molecule has 0 saturated carbocycles. The smallest absolute Gasteiger partial charge is 0.240 e. The highest BCUT2D eigenvalue weighted by molar-refractivity contribution is 7.92. The summed E-state index contributed by atoms with van der Waals surface area (Å²) in [6, 6.07) is 15.3. The zero-order valence-corrected chi connectivity index (χ0v) is 17.9. The van der Waals surface area contributed by atoms with Gasteiger partial charge in [-0.15, -0.1) is 0 Å². The number of hydrogen-bond acceptors (Lipinski definition) is 5. The first-order valence-electron chi connectivity index (χ1n) is 8.66. The van der Waals surface area contributed by atoms with Crippen LogP contribution in [0.3, 0.4) is 0 Å². The van der Waals surface area contributed by atoms with Crippen molar-refractivity contribution in [1.29, 1.82) is 0 Å². The molecule has 0 aliphatic heterocycles. The topological polar surface area (TPSA) is 93.2 Å².